The Morgan fingerprint density at radius 2 is 1.96 bits per heavy atom. The summed E-state index contributed by atoms with van der Waals surface area (Å²) in [6, 6.07) is 7.55. The minimum Gasteiger partial charge on any atom is -0.394 e. The lowest BCUT2D eigenvalue weighted by Crippen LogP contribution is -2.59. The lowest BCUT2D eigenvalue weighted by atomic mass is 9.99. The van der Waals surface area contributed by atoms with Crippen LogP contribution in [0.1, 0.15) is 24.0 Å². The van der Waals surface area contributed by atoms with E-state index in [9.17, 15) is 15.3 Å². The maximum Gasteiger partial charge on any atom is 0.186 e. The van der Waals surface area contributed by atoms with Crippen molar-refractivity contribution in [2.75, 3.05) is 13.7 Å². The van der Waals surface area contributed by atoms with E-state index in [1.807, 2.05) is 30.3 Å². The van der Waals surface area contributed by atoms with Crippen LogP contribution in [0, 0.1) is 11.8 Å². The van der Waals surface area contributed by atoms with Crippen molar-refractivity contribution in [3.8, 4) is 11.8 Å². The molecule has 5 atom stereocenters. The molecule has 3 N–H and O–H groups in total. The summed E-state index contributed by atoms with van der Waals surface area (Å²) >= 11 is 0. The Kier molecular flexibility index (Phi) is 8.26. The van der Waals surface area contributed by atoms with Crippen molar-refractivity contribution >= 4 is 0 Å². The highest BCUT2D eigenvalue weighted by atomic mass is 16.7. The maximum atomic E-state index is 10.2. The molecule has 0 aromatic heterocycles. The minimum atomic E-state index is -1.16. The van der Waals surface area contributed by atoms with E-state index in [4.69, 9.17) is 14.2 Å². The monoisotopic (exact) mass is 362 g/mol. The Morgan fingerprint density at radius 3 is 2.58 bits per heavy atom. The van der Waals surface area contributed by atoms with Gasteiger partial charge in [0.25, 0.3) is 0 Å². The Balaban J connectivity index is 1.95. The van der Waals surface area contributed by atoms with Gasteiger partial charge in [-0.25, -0.2) is 0 Å². The summed E-state index contributed by atoms with van der Waals surface area (Å²) in [5.41, 5.74) is 1.78. The highest BCUT2D eigenvalue weighted by Gasteiger charge is 2.45. The van der Waals surface area contributed by atoms with Crippen LogP contribution in [0.5, 0.6) is 0 Å². The van der Waals surface area contributed by atoms with Crippen molar-refractivity contribution in [3.05, 3.63) is 48.0 Å². The second-order valence-electron chi connectivity index (χ2n) is 6.04. The van der Waals surface area contributed by atoms with Gasteiger partial charge in [-0.05, 0) is 24.1 Å². The highest BCUT2D eigenvalue weighted by molar-refractivity contribution is 5.36. The number of rotatable bonds is 7. The molecule has 1 heterocycles. The molecule has 1 aliphatic heterocycles. The Bertz CT molecular complexity index is 601. The fourth-order valence-electron chi connectivity index (χ4n) is 2.66. The number of benzene rings is 1. The number of aliphatic hydroxyl groups excluding tert-OH is 3. The molecule has 142 valence electrons. The molecule has 0 bridgehead atoms. The van der Waals surface area contributed by atoms with Gasteiger partial charge in [0.1, 0.15) is 24.4 Å². The van der Waals surface area contributed by atoms with Gasteiger partial charge in [0.05, 0.1) is 13.2 Å². The summed E-state index contributed by atoms with van der Waals surface area (Å²) in [5.74, 6) is 6.14. The summed E-state index contributed by atoms with van der Waals surface area (Å²) in [6.45, 7) is 3.46. The number of ether oxygens (including phenoxy) is 3. The molecule has 0 unspecified atom stereocenters. The van der Waals surface area contributed by atoms with Gasteiger partial charge in [0, 0.05) is 19.1 Å². The molecule has 0 saturated carbocycles. The standard InChI is InChI=1S/C20H26O6/c1-3-4-5-6-7-14-8-10-15(11-9-14)13-25-19-17(22)16(12-21)26-20(24-2)18(19)23/h3,8-11,16-23H,1,4-5,12-13H2,2H3/t16-,17+,18-,19+,20-/m1/s1. The van der Waals surface area contributed by atoms with Crippen LogP contribution in [0.4, 0.5) is 0 Å². The lowest BCUT2D eigenvalue weighted by molar-refractivity contribution is -0.303. The van der Waals surface area contributed by atoms with Gasteiger partial charge >= 0.3 is 0 Å². The lowest BCUT2D eigenvalue weighted by Gasteiger charge is -2.41. The summed E-state index contributed by atoms with van der Waals surface area (Å²) in [4.78, 5) is 0. The van der Waals surface area contributed by atoms with Crippen molar-refractivity contribution in [1.29, 1.82) is 0 Å². The average Bonchev–Trinajstić information content (AvgIpc) is 2.66. The van der Waals surface area contributed by atoms with E-state index in [0.29, 0.717) is 0 Å². The largest absolute Gasteiger partial charge is 0.394 e. The molecule has 26 heavy (non-hydrogen) atoms. The SMILES string of the molecule is C=CCCC#Cc1ccc(CO[C@H]2[C@@H](O)[C@@H](CO)O[C@@H](OC)[C@@H]2O)cc1. The van der Waals surface area contributed by atoms with Crippen molar-refractivity contribution < 1.29 is 29.5 Å². The third kappa shape index (κ3) is 5.39. The van der Waals surface area contributed by atoms with Crippen molar-refractivity contribution in [2.45, 2.75) is 50.2 Å². The second kappa shape index (κ2) is 10.4. The second-order valence-corrected chi connectivity index (χ2v) is 6.04. The summed E-state index contributed by atoms with van der Waals surface area (Å²) in [5, 5.41) is 29.8. The van der Waals surface area contributed by atoms with Gasteiger partial charge in [0.15, 0.2) is 6.29 Å². The van der Waals surface area contributed by atoms with Gasteiger partial charge in [-0.15, -0.1) is 6.58 Å². The number of aliphatic hydroxyl groups is 3. The highest BCUT2D eigenvalue weighted by Crippen LogP contribution is 2.24. The zero-order chi connectivity index (χ0) is 18.9. The molecule has 1 aromatic carbocycles. The van der Waals surface area contributed by atoms with Gasteiger partial charge in [0.2, 0.25) is 0 Å². The molecule has 6 nitrogen and oxygen atoms in total. The Morgan fingerprint density at radius 1 is 1.23 bits per heavy atom. The van der Waals surface area contributed by atoms with Crippen LogP contribution in [0.15, 0.2) is 36.9 Å². The fourth-order valence-corrected chi connectivity index (χ4v) is 2.66. The first-order valence-electron chi connectivity index (χ1n) is 8.56. The summed E-state index contributed by atoms with van der Waals surface area (Å²) in [7, 11) is 1.38. The minimum absolute atomic E-state index is 0.192. The third-order valence-corrected chi connectivity index (χ3v) is 4.16. The van der Waals surface area contributed by atoms with Gasteiger partial charge in [-0.3, -0.25) is 0 Å². The van der Waals surface area contributed by atoms with E-state index in [1.165, 1.54) is 7.11 Å². The Hall–Kier alpha value is -1.72. The molecule has 1 saturated heterocycles. The van der Waals surface area contributed by atoms with Gasteiger partial charge in [-0.2, -0.15) is 0 Å². The molecule has 0 spiro atoms. The normalized spacial score (nSPS) is 28.2. The van der Waals surface area contributed by atoms with Crippen LogP contribution in [0.25, 0.3) is 0 Å². The first-order valence-corrected chi connectivity index (χ1v) is 8.56. The molecule has 2 rings (SSSR count). The number of methoxy groups -OCH3 is 1. The zero-order valence-corrected chi connectivity index (χ0v) is 14.9. The van der Waals surface area contributed by atoms with E-state index in [2.05, 4.69) is 18.4 Å². The van der Waals surface area contributed by atoms with E-state index < -0.39 is 37.3 Å². The van der Waals surface area contributed by atoms with Crippen molar-refractivity contribution in [2.24, 2.45) is 0 Å². The molecular formula is C20H26O6. The number of hydrogen-bond acceptors (Lipinski definition) is 6. The average molecular weight is 362 g/mol. The third-order valence-electron chi connectivity index (χ3n) is 4.16. The first kappa shape index (κ1) is 20.6. The zero-order valence-electron chi connectivity index (χ0n) is 14.9. The smallest absolute Gasteiger partial charge is 0.186 e. The molecule has 0 aliphatic carbocycles. The Labute approximate surface area is 154 Å². The van der Waals surface area contributed by atoms with Crippen molar-refractivity contribution in [1.82, 2.24) is 0 Å². The maximum absolute atomic E-state index is 10.2. The van der Waals surface area contributed by atoms with E-state index in [0.717, 1.165) is 24.0 Å². The van der Waals surface area contributed by atoms with Crippen LogP contribution in [0.2, 0.25) is 0 Å². The molecule has 1 aliphatic rings. The van der Waals surface area contributed by atoms with Crippen LogP contribution < -0.4 is 0 Å². The van der Waals surface area contributed by atoms with E-state index in [-0.39, 0.29) is 6.61 Å². The summed E-state index contributed by atoms with van der Waals surface area (Å²) < 4.78 is 16.0. The van der Waals surface area contributed by atoms with Gasteiger partial charge < -0.3 is 29.5 Å². The number of unbranched alkanes of at least 4 members (excludes halogenated alkanes) is 1. The molecular weight excluding hydrogens is 336 g/mol. The molecule has 1 aromatic rings. The topological polar surface area (TPSA) is 88.4 Å². The molecule has 6 heteroatoms. The summed E-state index contributed by atoms with van der Waals surface area (Å²) in [6.07, 6.45) is -1.60. The molecule has 0 amide bonds. The van der Waals surface area contributed by atoms with Crippen LogP contribution in [0.3, 0.4) is 0 Å². The van der Waals surface area contributed by atoms with E-state index >= 15 is 0 Å². The van der Waals surface area contributed by atoms with Crippen LogP contribution in [-0.4, -0.2) is 59.7 Å². The first-order chi connectivity index (χ1) is 12.6. The predicted molar refractivity (Wildman–Crippen MR) is 96.1 cm³/mol. The number of hydrogen-bond donors (Lipinski definition) is 3. The van der Waals surface area contributed by atoms with Crippen LogP contribution in [-0.2, 0) is 20.8 Å². The van der Waals surface area contributed by atoms with Crippen LogP contribution >= 0.6 is 0 Å². The molecule has 0 radical (unpaired) electrons. The van der Waals surface area contributed by atoms with E-state index in [1.54, 1.807) is 0 Å². The fraction of sp³-hybridized carbons (Fsp3) is 0.500. The molecule has 1 fully saturated rings. The number of allylic oxidation sites excluding steroid dienone is 1. The predicted octanol–water partition coefficient (Wildman–Crippen LogP) is 0.975. The quantitative estimate of drug-likeness (QED) is 0.381. The van der Waals surface area contributed by atoms with Gasteiger partial charge in [-0.1, -0.05) is 30.0 Å². The van der Waals surface area contributed by atoms with Crippen molar-refractivity contribution in [3.63, 3.8) is 0 Å².